The largest absolute Gasteiger partial charge is 0.378 e. The molecule has 0 spiro atoms. The maximum Gasteiger partial charge on any atom is 0.210 e. The zero-order valence-electron chi connectivity index (χ0n) is 17.5. The Bertz CT molecular complexity index is 702. The van der Waals surface area contributed by atoms with E-state index in [4.69, 9.17) is 4.74 Å². The predicted octanol–water partition coefficient (Wildman–Crippen LogP) is 5.47. The minimum atomic E-state index is -0.287. The lowest BCUT2D eigenvalue weighted by Gasteiger charge is -2.35. The number of nitrogens with zero attached hydrogens (tertiary/aromatic N) is 1. The normalized spacial score (nSPS) is 23.6. The maximum absolute atomic E-state index is 13.0. The van der Waals surface area contributed by atoms with Gasteiger partial charge in [0.25, 0.3) is 0 Å². The molecule has 156 valence electrons. The zero-order chi connectivity index (χ0) is 21.8. The van der Waals surface area contributed by atoms with E-state index < -0.39 is 0 Å². The summed E-state index contributed by atoms with van der Waals surface area (Å²) in [5.74, 6) is 0.511. The molecule has 1 amide bonds. The summed E-state index contributed by atoms with van der Waals surface area (Å²) in [5, 5.41) is 0. The number of ether oxygens (including phenoxy) is 1. The number of rotatable bonds is 4. The van der Waals surface area contributed by atoms with Crippen molar-refractivity contribution in [3.8, 4) is 12.8 Å². The van der Waals surface area contributed by atoms with Crippen molar-refractivity contribution in [3.05, 3.63) is 72.1 Å². The van der Waals surface area contributed by atoms with Gasteiger partial charge in [-0.3, -0.25) is 4.79 Å². The molecule has 1 fully saturated rings. The van der Waals surface area contributed by atoms with Crippen LogP contribution in [0.15, 0.2) is 60.7 Å². The van der Waals surface area contributed by atoms with Crippen LogP contribution in [0.4, 0.5) is 4.39 Å². The van der Waals surface area contributed by atoms with Crippen LogP contribution in [-0.4, -0.2) is 30.6 Å². The van der Waals surface area contributed by atoms with Gasteiger partial charge < -0.3 is 9.64 Å². The lowest BCUT2D eigenvalue weighted by atomic mass is 9.88. The molecule has 1 aromatic carbocycles. The molecule has 0 saturated carbocycles. The first-order valence-corrected chi connectivity index (χ1v) is 9.89. The van der Waals surface area contributed by atoms with Gasteiger partial charge in [0.05, 0.1) is 12.1 Å². The molecule has 4 heteroatoms. The van der Waals surface area contributed by atoms with Gasteiger partial charge in [-0.05, 0) is 60.9 Å². The lowest BCUT2D eigenvalue weighted by molar-refractivity contribution is -0.119. The molecule has 0 unspecified atom stereocenters. The summed E-state index contributed by atoms with van der Waals surface area (Å²) >= 11 is 0. The molecule has 0 radical (unpaired) electrons. The Kier molecular flexibility index (Phi) is 10.7. The third-order valence-corrected chi connectivity index (χ3v) is 5.16. The summed E-state index contributed by atoms with van der Waals surface area (Å²) in [4.78, 5) is 12.9. The van der Waals surface area contributed by atoms with Crippen LogP contribution in [-0.2, 0) is 9.53 Å². The van der Waals surface area contributed by atoms with E-state index in [9.17, 15) is 9.18 Å². The Morgan fingerprint density at radius 1 is 1.14 bits per heavy atom. The van der Waals surface area contributed by atoms with Crippen LogP contribution < -0.4 is 0 Å². The summed E-state index contributed by atoms with van der Waals surface area (Å²) < 4.78 is 18.4. The van der Waals surface area contributed by atoms with Crippen LogP contribution in [0.2, 0.25) is 0 Å². The Morgan fingerprint density at radius 2 is 1.79 bits per heavy atom. The summed E-state index contributed by atoms with van der Waals surface area (Å²) in [6.07, 6.45) is 16.3. The fourth-order valence-electron chi connectivity index (χ4n) is 3.48. The van der Waals surface area contributed by atoms with Crippen molar-refractivity contribution in [2.45, 2.75) is 45.3 Å². The summed E-state index contributed by atoms with van der Waals surface area (Å²) in [7, 11) is 0. The van der Waals surface area contributed by atoms with Crippen LogP contribution in [0.25, 0.3) is 0 Å². The van der Waals surface area contributed by atoms with Crippen molar-refractivity contribution < 1.29 is 13.9 Å². The van der Waals surface area contributed by atoms with E-state index >= 15 is 0 Å². The molecule has 1 saturated heterocycles. The fraction of sp³-hybridized carbons (Fsp3) is 0.400. The molecule has 3 atom stereocenters. The first kappa shape index (κ1) is 24.4. The molecule has 0 bridgehead atoms. The van der Waals surface area contributed by atoms with E-state index in [1.807, 2.05) is 0 Å². The molecule has 2 aliphatic rings. The van der Waals surface area contributed by atoms with Crippen LogP contribution >= 0.6 is 0 Å². The van der Waals surface area contributed by atoms with Crippen LogP contribution in [0.1, 0.15) is 44.7 Å². The van der Waals surface area contributed by atoms with Gasteiger partial charge in [0.15, 0.2) is 0 Å². The van der Waals surface area contributed by atoms with Crippen LogP contribution in [0.5, 0.6) is 0 Å². The quantitative estimate of drug-likeness (QED) is 0.498. The molecule has 0 N–H and O–H groups in total. The van der Waals surface area contributed by atoms with Crippen molar-refractivity contribution in [2.24, 2.45) is 5.92 Å². The second kappa shape index (κ2) is 12.7. The predicted molar refractivity (Wildman–Crippen MR) is 118 cm³/mol. The molecule has 0 aliphatic carbocycles. The standard InChI is InChI=1S/C16H16FNO.C7H14O.C2H2/c1-3-12-9-10-18(11-19)16(15(12)4-2)13-5-7-14(17)8-6-13;1-6-3-4-7(2)8-5-6;1-2/h3-8,11,16H,1-2,9-10H2;6-7H,3-5H2,1-2H3;1-2H/t16-;6-,7+;/m01./s1. The highest BCUT2D eigenvalue weighted by atomic mass is 19.1. The first-order chi connectivity index (χ1) is 14.0. The van der Waals surface area contributed by atoms with Gasteiger partial charge in [0.1, 0.15) is 5.82 Å². The number of amides is 1. The first-order valence-electron chi connectivity index (χ1n) is 9.89. The van der Waals surface area contributed by atoms with E-state index in [0.717, 1.165) is 42.1 Å². The average Bonchev–Trinajstić information content (AvgIpc) is 2.77. The van der Waals surface area contributed by atoms with E-state index in [-0.39, 0.29) is 11.9 Å². The lowest BCUT2D eigenvalue weighted by Crippen LogP contribution is -2.33. The molecule has 2 heterocycles. The van der Waals surface area contributed by atoms with Gasteiger partial charge >= 0.3 is 0 Å². The number of hydrogen-bond acceptors (Lipinski definition) is 2. The molecule has 3 nitrogen and oxygen atoms in total. The molecule has 29 heavy (non-hydrogen) atoms. The van der Waals surface area contributed by atoms with Crippen LogP contribution in [0.3, 0.4) is 0 Å². The SMILES string of the molecule is C#C.C=CC1=C(C=C)[C@H](c2ccc(F)cc2)N(C=O)CC1.C[C@@H]1CC[C@H](C)OC1. The van der Waals surface area contributed by atoms with Gasteiger partial charge in [0.2, 0.25) is 6.41 Å². The Labute approximate surface area is 174 Å². The second-order valence-electron chi connectivity index (χ2n) is 7.26. The van der Waals surface area contributed by atoms with Crippen molar-refractivity contribution in [2.75, 3.05) is 13.2 Å². The number of carbonyl (C=O) groups excluding carboxylic acids is 1. The number of allylic oxidation sites excluding steroid dienone is 1. The Balaban J connectivity index is 0.000000351. The number of benzene rings is 1. The van der Waals surface area contributed by atoms with E-state index in [1.54, 1.807) is 29.2 Å². The molecular weight excluding hydrogens is 365 g/mol. The van der Waals surface area contributed by atoms with Crippen LogP contribution in [0, 0.1) is 24.6 Å². The van der Waals surface area contributed by atoms with Gasteiger partial charge in [0, 0.05) is 13.2 Å². The monoisotopic (exact) mass is 397 g/mol. The molecule has 2 aliphatic heterocycles. The third-order valence-electron chi connectivity index (χ3n) is 5.16. The average molecular weight is 398 g/mol. The topological polar surface area (TPSA) is 29.5 Å². The zero-order valence-corrected chi connectivity index (χ0v) is 17.5. The molecular formula is C25H32FNO2. The summed E-state index contributed by atoms with van der Waals surface area (Å²) in [6.45, 7) is 13.6. The van der Waals surface area contributed by atoms with Gasteiger partial charge in [-0.1, -0.05) is 44.4 Å². The highest BCUT2D eigenvalue weighted by molar-refractivity contribution is 5.55. The molecule has 3 rings (SSSR count). The third kappa shape index (κ3) is 7.03. The highest BCUT2D eigenvalue weighted by Gasteiger charge is 2.27. The van der Waals surface area contributed by atoms with E-state index in [0.29, 0.717) is 12.6 Å². The van der Waals surface area contributed by atoms with Gasteiger partial charge in [-0.15, -0.1) is 12.8 Å². The summed E-state index contributed by atoms with van der Waals surface area (Å²) in [5.41, 5.74) is 2.92. The van der Waals surface area contributed by atoms with Crippen molar-refractivity contribution in [3.63, 3.8) is 0 Å². The molecule has 1 aromatic rings. The number of halogens is 1. The Morgan fingerprint density at radius 3 is 2.24 bits per heavy atom. The van der Waals surface area contributed by atoms with Crippen molar-refractivity contribution >= 4 is 6.41 Å². The van der Waals surface area contributed by atoms with Crippen molar-refractivity contribution in [1.82, 2.24) is 4.90 Å². The van der Waals surface area contributed by atoms with Gasteiger partial charge in [-0.25, -0.2) is 4.39 Å². The Hall–Kier alpha value is -2.64. The van der Waals surface area contributed by atoms with E-state index in [1.165, 1.54) is 25.0 Å². The smallest absolute Gasteiger partial charge is 0.210 e. The number of terminal acetylenes is 1. The molecule has 0 aromatic heterocycles. The maximum atomic E-state index is 13.0. The fourth-order valence-corrected chi connectivity index (χ4v) is 3.48. The van der Waals surface area contributed by atoms with Crippen molar-refractivity contribution in [1.29, 1.82) is 0 Å². The minimum absolute atomic E-state index is 0.211. The minimum Gasteiger partial charge on any atom is -0.378 e. The highest BCUT2D eigenvalue weighted by Crippen LogP contribution is 2.35. The number of hydrogen-bond donors (Lipinski definition) is 0. The summed E-state index contributed by atoms with van der Waals surface area (Å²) in [6, 6.07) is 6.00. The van der Waals surface area contributed by atoms with Gasteiger partial charge in [-0.2, -0.15) is 0 Å². The number of carbonyl (C=O) groups is 1. The second-order valence-corrected chi connectivity index (χ2v) is 7.26. The van der Waals surface area contributed by atoms with E-state index in [2.05, 4.69) is 39.9 Å².